The van der Waals surface area contributed by atoms with E-state index in [1.807, 2.05) is 5.01 Å². The summed E-state index contributed by atoms with van der Waals surface area (Å²) in [7, 11) is 0. The van der Waals surface area contributed by atoms with Gasteiger partial charge in [0.05, 0.1) is 0 Å². The second-order valence-corrected chi connectivity index (χ2v) is 4.87. The number of nitrogens with zero attached hydrogens (tertiary/aromatic N) is 1. The fourth-order valence-electron chi connectivity index (χ4n) is 2.03. The smallest absolute Gasteiger partial charge is 0.265 e. The molecule has 0 atom stereocenters. The van der Waals surface area contributed by atoms with Crippen LogP contribution in [0.15, 0.2) is 24.3 Å². The molecule has 0 aliphatic carbocycles. The molecular weight excluding hydrogens is 246 g/mol. The van der Waals surface area contributed by atoms with Crippen LogP contribution in [0.3, 0.4) is 0 Å². The summed E-state index contributed by atoms with van der Waals surface area (Å²) >= 11 is 4.91. The predicted octanol–water partition coefficient (Wildman–Crippen LogP) is 1.45. The zero-order chi connectivity index (χ0) is 13.0. The lowest BCUT2D eigenvalue weighted by atomic mass is 10.1. The first-order chi connectivity index (χ1) is 8.66. The normalized spacial score (nSPS) is 16.2. The maximum absolute atomic E-state index is 12.1. The van der Waals surface area contributed by atoms with Crippen LogP contribution >= 0.6 is 12.2 Å². The highest BCUT2D eigenvalue weighted by molar-refractivity contribution is 7.80. The van der Waals surface area contributed by atoms with Crippen molar-refractivity contribution in [3.63, 3.8) is 0 Å². The fraction of sp³-hybridized carbons (Fsp3) is 0.385. The van der Waals surface area contributed by atoms with Gasteiger partial charge in [-0.1, -0.05) is 30.8 Å². The minimum Gasteiger partial charge on any atom is -0.389 e. The Bertz CT molecular complexity index is 455. The molecule has 4 nitrogen and oxygen atoms in total. The van der Waals surface area contributed by atoms with Crippen molar-refractivity contribution in [2.45, 2.75) is 19.3 Å². The lowest BCUT2D eigenvalue weighted by Gasteiger charge is -2.26. The Labute approximate surface area is 112 Å². The molecule has 0 spiro atoms. The summed E-state index contributed by atoms with van der Waals surface area (Å²) in [5.41, 5.74) is 9.78. The largest absolute Gasteiger partial charge is 0.389 e. The van der Waals surface area contributed by atoms with Crippen molar-refractivity contribution in [3.8, 4) is 0 Å². The lowest BCUT2D eigenvalue weighted by molar-refractivity contribution is 0.0750. The highest BCUT2D eigenvalue weighted by atomic mass is 32.1. The number of piperidine rings is 1. The summed E-state index contributed by atoms with van der Waals surface area (Å²) in [6, 6.07) is 7.09. The number of thiocarbonyl (C=S) groups is 1. The van der Waals surface area contributed by atoms with Crippen molar-refractivity contribution in [1.82, 2.24) is 10.4 Å². The molecule has 5 heteroatoms. The molecule has 0 unspecified atom stereocenters. The molecular formula is C13H17N3OS. The first-order valence-electron chi connectivity index (χ1n) is 6.12. The number of hydrogen-bond donors (Lipinski definition) is 2. The third-order valence-electron chi connectivity index (χ3n) is 3.02. The second kappa shape index (κ2) is 5.93. The number of nitrogens with one attached hydrogen (secondary N) is 1. The van der Waals surface area contributed by atoms with E-state index in [2.05, 4.69) is 5.43 Å². The van der Waals surface area contributed by atoms with Gasteiger partial charge in [0.15, 0.2) is 0 Å². The van der Waals surface area contributed by atoms with E-state index >= 15 is 0 Å². The number of hydrazine groups is 1. The summed E-state index contributed by atoms with van der Waals surface area (Å²) < 4.78 is 0. The Kier molecular flexibility index (Phi) is 4.28. The molecule has 1 amide bonds. The van der Waals surface area contributed by atoms with E-state index in [0.717, 1.165) is 31.5 Å². The highest BCUT2D eigenvalue weighted by Crippen LogP contribution is 2.08. The molecule has 96 valence electrons. The lowest BCUT2D eigenvalue weighted by Crippen LogP contribution is -2.45. The summed E-state index contributed by atoms with van der Waals surface area (Å²) in [6.45, 7) is 1.83. The number of hydrogen-bond acceptors (Lipinski definition) is 3. The van der Waals surface area contributed by atoms with Crippen LogP contribution in [-0.2, 0) is 0 Å². The van der Waals surface area contributed by atoms with Crippen molar-refractivity contribution in [1.29, 1.82) is 0 Å². The first-order valence-corrected chi connectivity index (χ1v) is 6.53. The predicted molar refractivity (Wildman–Crippen MR) is 75.2 cm³/mol. The minimum absolute atomic E-state index is 0.102. The van der Waals surface area contributed by atoms with E-state index in [9.17, 15) is 4.79 Å². The Morgan fingerprint density at radius 3 is 2.56 bits per heavy atom. The first kappa shape index (κ1) is 13.0. The van der Waals surface area contributed by atoms with Crippen LogP contribution in [0.2, 0.25) is 0 Å². The zero-order valence-corrected chi connectivity index (χ0v) is 11.0. The average molecular weight is 263 g/mol. The van der Waals surface area contributed by atoms with Gasteiger partial charge in [-0.25, -0.2) is 5.01 Å². The van der Waals surface area contributed by atoms with Gasteiger partial charge >= 0.3 is 0 Å². The molecule has 0 saturated carbocycles. The monoisotopic (exact) mass is 263 g/mol. The molecule has 2 rings (SSSR count). The number of rotatable bonds is 3. The van der Waals surface area contributed by atoms with Gasteiger partial charge in [-0.15, -0.1) is 0 Å². The van der Waals surface area contributed by atoms with E-state index in [4.69, 9.17) is 18.0 Å². The quantitative estimate of drug-likeness (QED) is 0.810. The third-order valence-corrected chi connectivity index (χ3v) is 3.26. The Hall–Kier alpha value is -1.46. The molecule has 0 aromatic heterocycles. The number of carbonyl (C=O) groups excluding carboxylic acids is 1. The average Bonchev–Trinajstić information content (AvgIpc) is 2.40. The second-order valence-electron chi connectivity index (χ2n) is 4.43. The van der Waals surface area contributed by atoms with Crippen molar-refractivity contribution >= 4 is 23.1 Å². The highest BCUT2D eigenvalue weighted by Gasteiger charge is 2.14. The van der Waals surface area contributed by atoms with Gasteiger partial charge in [0, 0.05) is 24.2 Å². The summed E-state index contributed by atoms with van der Waals surface area (Å²) in [4.78, 5) is 12.4. The molecule has 1 saturated heterocycles. The van der Waals surface area contributed by atoms with Gasteiger partial charge in [0.25, 0.3) is 5.91 Å². The molecule has 0 radical (unpaired) electrons. The van der Waals surface area contributed by atoms with Gasteiger partial charge in [-0.3, -0.25) is 10.2 Å². The number of amides is 1. The van der Waals surface area contributed by atoms with Crippen molar-refractivity contribution in [2.24, 2.45) is 5.73 Å². The van der Waals surface area contributed by atoms with Gasteiger partial charge in [0.2, 0.25) is 0 Å². The van der Waals surface area contributed by atoms with Crippen LogP contribution in [0.4, 0.5) is 0 Å². The van der Waals surface area contributed by atoms with Crippen LogP contribution in [-0.4, -0.2) is 29.0 Å². The van der Waals surface area contributed by atoms with E-state index in [-0.39, 0.29) is 5.91 Å². The van der Waals surface area contributed by atoms with Gasteiger partial charge in [0.1, 0.15) is 4.99 Å². The van der Waals surface area contributed by atoms with Gasteiger partial charge in [-0.05, 0) is 25.0 Å². The molecule has 0 bridgehead atoms. The van der Waals surface area contributed by atoms with E-state index in [0.29, 0.717) is 10.6 Å². The van der Waals surface area contributed by atoms with Gasteiger partial charge < -0.3 is 5.73 Å². The Morgan fingerprint density at radius 2 is 1.89 bits per heavy atom. The molecule has 1 fully saturated rings. The zero-order valence-electron chi connectivity index (χ0n) is 10.2. The number of carbonyl (C=O) groups is 1. The minimum atomic E-state index is -0.102. The van der Waals surface area contributed by atoms with E-state index in [1.54, 1.807) is 24.3 Å². The third kappa shape index (κ3) is 3.27. The molecule has 1 aromatic carbocycles. The summed E-state index contributed by atoms with van der Waals surface area (Å²) in [6.07, 6.45) is 3.50. The molecule has 18 heavy (non-hydrogen) atoms. The van der Waals surface area contributed by atoms with Crippen LogP contribution in [0, 0.1) is 0 Å². The Balaban J connectivity index is 2.03. The van der Waals surface area contributed by atoms with Crippen LogP contribution in [0.5, 0.6) is 0 Å². The van der Waals surface area contributed by atoms with E-state index < -0.39 is 0 Å². The number of nitrogens with two attached hydrogens (primary N) is 1. The van der Waals surface area contributed by atoms with Crippen LogP contribution in [0.25, 0.3) is 0 Å². The SMILES string of the molecule is NC(=S)c1cccc(C(=O)NN2CCCCC2)c1. The maximum Gasteiger partial charge on any atom is 0.265 e. The maximum atomic E-state index is 12.1. The standard InChI is InChI=1S/C13H17N3OS/c14-12(18)10-5-4-6-11(9-10)13(17)15-16-7-2-1-3-8-16/h4-6,9H,1-3,7-8H2,(H2,14,18)(H,15,17). The molecule has 1 aliphatic rings. The molecule has 1 aromatic rings. The fourth-order valence-corrected chi connectivity index (χ4v) is 2.15. The molecule has 1 heterocycles. The van der Waals surface area contributed by atoms with E-state index in [1.165, 1.54) is 6.42 Å². The van der Waals surface area contributed by atoms with Crippen molar-refractivity contribution in [3.05, 3.63) is 35.4 Å². The number of benzene rings is 1. The molecule has 1 aliphatic heterocycles. The molecule has 3 N–H and O–H groups in total. The topological polar surface area (TPSA) is 58.4 Å². The van der Waals surface area contributed by atoms with Gasteiger partial charge in [-0.2, -0.15) is 0 Å². The summed E-state index contributed by atoms with van der Waals surface area (Å²) in [5, 5.41) is 1.97. The van der Waals surface area contributed by atoms with Crippen LogP contribution in [0.1, 0.15) is 35.2 Å². The van der Waals surface area contributed by atoms with Crippen molar-refractivity contribution < 1.29 is 4.79 Å². The Morgan fingerprint density at radius 1 is 1.22 bits per heavy atom. The van der Waals surface area contributed by atoms with Crippen LogP contribution < -0.4 is 11.2 Å². The summed E-state index contributed by atoms with van der Waals surface area (Å²) in [5.74, 6) is -0.102. The van der Waals surface area contributed by atoms with Crippen molar-refractivity contribution in [2.75, 3.05) is 13.1 Å².